The van der Waals surface area contributed by atoms with Crippen LogP contribution in [0.1, 0.15) is 32.3 Å². The van der Waals surface area contributed by atoms with E-state index in [9.17, 15) is 15.0 Å². The van der Waals surface area contributed by atoms with E-state index >= 15 is 0 Å². The summed E-state index contributed by atoms with van der Waals surface area (Å²) in [6, 6.07) is 9.23. The zero-order valence-corrected chi connectivity index (χ0v) is 18.9. The molecule has 0 aliphatic carbocycles. The van der Waals surface area contributed by atoms with Gasteiger partial charge >= 0.3 is 0 Å². The van der Waals surface area contributed by atoms with Gasteiger partial charge in [-0.1, -0.05) is 19.1 Å². The average Bonchev–Trinajstić information content (AvgIpc) is 3.10. The van der Waals surface area contributed by atoms with Gasteiger partial charge in [-0.2, -0.15) is 0 Å². The molecule has 0 amide bonds. The number of hydrogen-bond donors (Lipinski definition) is 2. The summed E-state index contributed by atoms with van der Waals surface area (Å²) in [5.74, 6) is 0.103. The Morgan fingerprint density at radius 3 is 2.55 bits per heavy atom. The van der Waals surface area contributed by atoms with Crippen LogP contribution in [-0.4, -0.2) is 36.3 Å². The lowest BCUT2D eigenvalue weighted by Crippen LogP contribution is -2.21. The molecule has 0 radical (unpaired) electrons. The van der Waals surface area contributed by atoms with E-state index in [0.717, 1.165) is 5.56 Å². The van der Waals surface area contributed by atoms with Crippen molar-refractivity contribution in [2.75, 3.05) is 20.3 Å². The molecule has 8 heteroatoms. The van der Waals surface area contributed by atoms with Gasteiger partial charge in [-0.05, 0) is 11.6 Å². The molecule has 2 N–H and O–H groups in total. The van der Waals surface area contributed by atoms with E-state index in [-0.39, 0.29) is 40.8 Å². The highest BCUT2D eigenvalue weighted by Crippen LogP contribution is 2.34. The molecule has 0 spiro atoms. The topological polar surface area (TPSA) is 108 Å². The van der Waals surface area contributed by atoms with Crippen LogP contribution in [0, 0.1) is 0 Å². The third-order valence-electron chi connectivity index (χ3n) is 5.28. The van der Waals surface area contributed by atoms with Gasteiger partial charge in [-0.25, -0.2) is 0 Å². The zero-order chi connectivity index (χ0) is 23.8. The maximum atomic E-state index is 12.7. The highest BCUT2D eigenvalue weighted by Gasteiger charge is 2.27. The van der Waals surface area contributed by atoms with Gasteiger partial charge in [-0.3, -0.25) is 4.79 Å². The van der Waals surface area contributed by atoms with Crippen LogP contribution in [-0.2, 0) is 14.2 Å². The van der Waals surface area contributed by atoms with E-state index in [4.69, 9.17) is 23.4 Å². The van der Waals surface area contributed by atoms with Gasteiger partial charge in [0, 0.05) is 50.6 Å². The molecule has 1 aliphatic heterocycles. The largest absolute Gasteiger partial charge is 0.508 e. The van der Waals surface area contributed by atoms with Crippen molar-refractivity contribution in [2.24, 2.45) is 0 Å². The number of fused-ring (bicyclic) bond motifs is 1. The maximum Gasteiger partial charge on any atom is 0.244 e. The highest BCUT2D eigenvalue weighted by molar-refractivity contribution is 5.86. The second-order valence-corrected chi connectivity index (χ2v) is 8.41. The minimum Gasteiger partial charge on any atom is -0.508 e. The summed E-state index contributed by atoms with van der Waals surface area (Å²) in [5, 5.41) is 20.9. The molecule has 0 fully saturated rings. The van der Waals surface area contributed by atoms with Crippen molar-refractivity contribution in [1.82, 2.24) is 0 Å². The summed E-state index contributed by atoms with van der Waals surface area (Å²) in [6.07, 6.45) is 1.47. The molecule has 4 rings (SSSR count). The first-order valence-corrected chi connectivity index (χ1v) is 10.5. The molecule has 174 valence electrons. The number of methoxy groups -OCH3 is 1. The molecule has 3 aromatic rings. The summed E-state index contributed by atoms with van der Waals surface area (Å²) >= 11 is 0. The van der Waals surface area contributed by atoms with E-state index in [1.807, 2.05) is 6.92 Å². The number of phenols is 2. The molecule has 0 saturated heterocycles. The molecule has 1 atom stereocenters. The normalized spacial score (nSPS) is 15.6. The van der Waals surface area contributed by atoms with Crippen molar-refractivity contribution in [3.63, 3.8) is 0 Å². The van der Waals surface area contributed by atoms with E-state index in [1.165, 1.54) is 30.5 Å². The van der Waals surface area contributed by atoms with Crippen molar-refractivity contribution < 1.29 is 33.6 Å². The predicted octanol–water partition coefficient (Wildman–Crippen LogP) is 4.62. The minimum absolute atomic E-state index is 0.000692. The van der Waals surface area contributed by atoms with Crippen molar-refractivity contribution in [1.29, 1.82) is 0 Å². The summed E-state index contributed by atoms with van der Waals surface area (Å²) in [7, 11) is 1.60. The Morgan fingerprint density at radius 2 is 1.88 bits per heavy atom. The van der Waals surface area contributed by atoms with Gasteiger partial charge in [-0.15, -0.1) is 0 Å². The summed E-state index contributed by atoms with van der Waals surface area (Å²) in [5.41, 5.74) is 0.993. The molecule has 2 aromatic carbocycles. The first-order valence-electron chi connectivity index (χ1n) is 10.5. The fourth-order valence-corrected chi connectivity index (χ4v) is 3.71. The second kappa shape index (κ2) is 8.71. The monoisotopic (exact) mass is 454 g/mol. The van der Waals surface area contributed by atoms with Gasteiger partial charge < -0.3 is 33.6 Å². The van der Waals surface area contributed by atoms with Crippen LogP contribution in [0.2, 0.25) is 0 Å². The third kappa shape index (κ3) is 4.75. The number of phenolic OH excluding ortho intramolecular Hbond substituents is 2. The fraction of sp³-hybridized carbons (Fsp3) is 0.320. The number of aromatic hydroxyl groups is 2. The van der Waals surface area contributed by atoms with Crippen LogP contribution in [0.15, 0.2) is 57.6 Å². The second-order valence-electron chi connectivity index (χ2n) is 8.41. The van der Waals surface area contributed by atoms with Crippen LogP contribution >= 0.6 is 0 Å². The lowest BCUT2D eigenvalue weighted by molar-refractivity contribution is -0.119. The number of benzene rings is 2. The van der Waals surface area contributed by atoms with E-state index < -0.39 is 11.2 Å². The van der Waals surface area contributed by atoms with E-state index in [2.05, 4.69) is 0 Å². The predicted molar refractivity (Wildman–Crippen MR) is 121 cm³/mol. The molecule has 2 heterocycles. The summed E-state index contributed by atoms with van der Waals surface area (Å²) in [6.45, 7) is 6.03. The minimum atomic E-state index is -0.756. The SMILES string of the molecule is COC[C@H](C)c1ccc(-c2cc(=O)c3c(O)cc(OCC4=COC(C)(C)O4)cc3o2)cc1O. The standard InChI is InChI=1S/C25H26O8/c1-14(11-29-4)18-6-5-15(7-19(18)26)22-10-21(28)24-20(27)8-16(9-23(24)32-22)30-12-17-13-31-25(2,3)33-17/h5-10,13-14,26-27H,11-12H2,1-4H3/t14-/m0/s1. The maximum absolute atomic E-state index is 12.7. The smallest absolute Gasteiger partial charge is 0.244 e. The third-order valence-corrected chi connectivity index (χ3v) is 5.28. The molecular formula is C25H26O8. The van der Waals surface area contributed by atoms with Gasteiger partial charge in [0.15, 0.2) is 11.2 Å². The summed E-state index contributed by atoms with van der Waals surface area (Å²) < 4.78 is 27.7. The molecular weight excluding hydrogens is 428 g/mol. The Kier molecular flexibility index (Phi) is 5.95. The first-order chi connectivity index (χ1) is 15.7. The Balaban J connectivity index is 1.64. The van der Waals surface area contributed by atoms with Crippen LogP contribution in [0.25, 0.3) is 22.3 Å². The fourth-order valence-electron chi connectivity index (χ4n) is 3.71. The van der Waals surface area contributed by atoms with Crippen molar-refractivity contribution >= 4 is 11.0 Å². The average molecular weight is 454 g/mol. The molecule has 33 heavy (non-hydrogen) atoms. The first kappa shape index (κ1) is 22.5. The quantitative estimate of drug-likeness (QED) is 0.532. The number of rotatable bonds is 7. The summed E-state index contributed by atoms with van der Waals surface area (Å²) in [4.78, 5) is 12.7. The number of hydrogen-bond acceptors (Lipinski definition) is 8. The Bertz CT molecular complexity index is 1270. The zero-order valence-electron chi connectivity index (χ0n) is 18.9. The van der Waals surface area contributed by atoms with E-state index in [1.54, 1.807) is 33.1 Å². The van der Waals surface area contributed by atoms with Gasteiger partial charge in [0.25, 0.3) is 0 Å². The van der Waals surface area contributed by atoms with Crippen LogP contribution in [0.3, 0.4) is 0 Å². The van der Waals surface area contributed by atoms with Crippen molar-refractivity contribution in [3.05, 3.63) is 64.2 Å². The lowest BCUT2D eigenvalue weighted by Gasteiger charge is -2.18. The van der Waals surface area contributed by atoms with Gasteiger partial charge in [0.1, 0.15) is 46.8 Å². The molecule has 1 aromatic heterocycles. The van der Waals surface area contributed by atoms with Crippen LogP contribution in [0.4, 0.5) is 0 Å². The van der Waals surface area contributed by atoms with Crippen molar-refractivity contribution in [2.45, 2.75) is 32.5 Å². The Morgan fingerprint density at radius 1 is 1.09 bits per heavy atom. The Hall–Kier alpha value is -3.65. The lowest BCUT2D eigenvalue weighted by atomic mass is 9.98. The molecule has 0 unspecified atom stereocenters. The van der Waals surface area contributed by atoms with Gasteiger partial charge in [0.2, 0.25) is 5.79 Å². The molecule has 1 aliphatic rings. The van der Waals surface area contributed by atoms with Gasteiger partial charge in [0.05, 0.1) is 6.61 Å². The molecule has 0 bridgehead atoms. The van der Waals surface area contributed by atoms with Crippen LogP contribution in [0.5, 0.6) is 17.2 Å². The molecule has 0 saturated carbocycles. The van der Waals surface area contributed by atoms with Crippen molar-refractivity contribution in [3.8, 4) is 28.6 Å². The Labute approximate surface area is 190 Å². The molecule has 8 nitrogen and oxygen atoms in total. The van der Waals surface area contributed by atoms with E-state index in [0.29, 0.717) is 23.7 Å². The number of ether oxygens (including phenoxy) is 4. The highest BCUT2D eigenvalue weighted by atomic mass is 16.7. The van der Waals surface area contributed by atoms with Crippen LogP contribution < -0.4 is 10.2 Å².